The Morgan fingerprint density at radius 3 is 2.61 bits per heavy atom. The van der Waals surface area contributed by atoms with Crippen LogP contribution in [-0.2, 0) is 6.54 Å². The van der Waals surface area contributed by atoms with Crippen LogP contribution < -0.4 is 5.32 Å². The van der Waals surface area contributed by atoms with Gasteiger partial charge in [-0.3, -0.25) is 10.1 Å². The fraction of sp³-hybridized carbons (Fsp3) is 0.538. The van der Waals surface area contributed by atoms with Crippen LogP contribution in [0.15, 0.2) is 18.2 Å². The van der Waals surface area contributed by atoms with Crippen molar-refractivity contribution in [2.45, 2.75) is 27.3 Å². The molecule has 0 aromatic heterocycles. The molecule has 4 nitrogen and oxygen atoms in total. The maximum atomic E-state index is 10.7. The van der Waals surface area contributed by atoms with Crippen LogP contribution in [0.4, 0.5) is 5.69 Å². The minimum absolute atomic E-state index is 0.0344. The Kier molecular flexibility index (Phi) is 5.56. The molecular formula is C13H19ClN2O2. The Bertz CT molecular complexity index is 421. The molecule has 1 rings (SSSR count). The van der Waals surface area contributed by atoms with Crippen LogP contribution in [0, 0.1) is 22.0 Å². The summed E-state index contributed by atoms with van der Waals surface area (Å²) in [7, 11) is 0. The Balaban J connectivity index is 2.58. The molecule has 0 fully saturated rings. The highest BCUT2D eigenvalue weighted by Crippen LogP contribution is 2.24. The quantitative estimate of drug-likeness (QED) is 0.634. The van der Waals surface area contributed by atoms with Crippen LogP contribution in [-0.4, -0.2) is 11.5 Å². The summed E-state index contributed by atoms with van der Waals surface area (Å²) in [4.78, 5) is 10.3. The minimum Gasteiger partial charge on any atom is -0.312 e. The molecule has 0 aliphatic carbocycles. The highest BCUT2D eigenvalue weighted by molar-refractivity contribution is 6.32. The standard InChI is InChI=1S/C13H19ClN2O2/c1-9(2)10(3)7-15-8-11-4-5-12(14)13(6-11)16(17)18/h4-6,9-10,15H,7-8H2,1-3H3. The van der Waals surface area contributed by atoms with Gasteiger partial charge in [-0.2, -0.15) is 0 Å². The first-order valence-electron chi connectivity index (χ1n) is 6.05. The maximum absolute atomic E-state index is 10.7. The van der Waals surface area contributed by atoms with Crippen molar-refractivity contribution in [3.63, 3.8) is 0 Å². The Hall–Kier alpha value is -1.13. The van der Waals surface area contributed by atoms with Crippen molar-refractivity contribution in [2.75, 3.05) is 6.54 Å². The van der Waals surface area contributed by atoms with Gasteiger partial charge in [0, 0.05) is 12.6 Å². The van der Waals surface area contributed by atoms with Gasteiger partial charge in [0.1, 0.15) is 5.02 Å². The zero-order valence-electron chi connectivity index (χ0n) is 10.9. The van der Waals surface area contributed by atoms with Crippen LogP contribution >= 0.6 is 11.6 Å². The lowest BCUT2D eigenvalue weighted by Gasteiger charge is -2.16. The van der Waals surface area contributed by atoms with Gasteiger partial charge in [-0.25, -0.2) is 0 Å². The van der Waals surface area contributed by atoms with Gasteiger partial charge in [-0.15, -0.1) is 0 Å². The number of hydrogen-bond acceptors (Lipinski definition) is 3. The Morgan fingerprint density at radius 2 is 2.06 bits per heavy atom. The normalized spacial score (nSPS) is 12.7. The molecule has 0 aliphatic rings. The zero-order chi connectivity index (χ0) is 13.7. The molecule has 0 saturated heterocycles. The van der Waals surface area contributed by atoms with E-state index < -0.39 is 4.92 Å². The number of nitro groups is 1. The van der Waals surface area contributed by atoms with E-state index >= 15 is 0 Å². The number of halogens is 1. The van der Waals surface area contributed by atoms with Gasteiger partial charge in [0.15, 0.2) is 0 Å². The molecule has 18 heavy (non-hydrogen) atoms. The van der Waals surface area contributed by atoms with Gasteiger partial charge in [0.05, 0.1) is 4.92 Å². The van der Waals surface area contributed by atoms with E-state index in [2.05, 4.69) is 26.1 Å². The van der Waals surface area contributed by atoms with E-state index in [0.717, 1.165) is 12.1 Å². The lowest BCUT2D eigenvalue weighted by molar-refractivity contribution is -0.384. The summed E-state index contributed by atoms with van der Waals surface area (Å²) >= 11 is 5.76. The van der Waals surface area contributed by atoms with Gasteiger partial charge in [-0.1, -0.05) is 38.4 Å². The van der Waals surface area contributed by atoms with Crippen molar-refractivity contribution in [3.8, 4) is 0 Å². The molecule has 0 radical (unpaired) electrons. The van der Waals surface area contributed by atoms with Gasteiger partial charge >= 0.3 is 0 Å². The summed E-state index contributed by atoms with van der Waals surface area (Å²) in [5.74, 6) is 1.20. The third kappa shape index (κ3) is 4.27. The molecule has 0 amide bonds. The number of nitrogens with zero attached hydrogens (tertiary/aromatic N) is 1. The molecule has 0 spiro atoms. The topological polar surface area (TPSA) is 55.2 Å². The van der Waals surface area contributed by atoms with E-state index in [4.69, 9.17) is 11.6 Å². The zero-order valence-corrected chi connectivity index (χ0v) is 11.7. The summed E-state index contributed by atoms with van der Waals surface area (Å²) in [5.41, 5.74) is 0.843. The fourth-order valence-corrected chi connectivity index (χ4v) is 1.67. The van der Waals surface area contributed by atoms with Crippen LogP contribution in [0.25, 0.3) is 0 Å². The lowest BCUT2D eigenvalue weighted by atomic mass is 9.98. The van der Waals surface area contributed by atoms with Crippen LogP contribution in [0.3, 0.4) is 0 Å². The van der Waals surface area contributed by atoms with Gasteiger partial charge in [-0.05, 0) is 30.0 Å². The first kappa shape index (κ1) is 14.9. The van der Waals surface area contributed by atoms with Crippen molar-refractivity contribution in [1.82, 2.24) is 5.32 Å². The van der Waals surface area contributed by atoms with Crippen molar-refractivity contribution >= 4 is 17.3 Å². The summed E-state index contributed by atoms with van der Waals surface area (Å²) in [5, 5.41) is 14.2. The van der Waals surface area contributed by atoms with Crippen LogP contribution in [0.5, 0.6) is 0 Å². The molecule has 1 aromatic rings. The molecule has 1 aromatic carbocycles. The Labute approximate surface area is 112 Å². The molecular weight excluding hydrogens is 252 g/mol. The fourth-order valence-electron chi connectivity index (χ4n) is 1.49. The van der Waals surface area contributed by atoms with E-state index in [-0.39, 0.29) is 10.7 Å². The average Bonchev–Trinajstić information content (AvgIpc) is 2.30. The van der Waals surface area contributed by atoms with E-state index in [0.29, 0.717) is 18.4 Å². The summed E-state index contributed by atoms with van der Waals surface area (Å²) in [6.45, 7) is 8.06. The largest absolute Gasteiger partial charge is 0.312 e. The predicted octanol–water partition coefficient (Wildman–Crippen LogP) is 3.63. The molecule has 0 heterocycles. The number of nitro benzene ring substituents is 1. The van der Waals surface area contributed by atoms with Crippen LogP contribution in [0.2, 0.25) is 5.02 Å². The summed E-state index contributed by atoms with van der Waals surface area (Å²) in [6, 6.07) is 4.90. The second-order valence-electron chi connectivity index (χ2n) is 4.90. The molecule has 100 valence electrons. The number of hydrogen-bond donors (Lipinski definition) is 1. The molecule has 1 atom stereocenters. The molecule has 0 saturated carbocycles. The van der Waals surface area contributed by atoms with Crippen molar-refractivity contribution in [1.29, 1.82) is 0 Å². The van der Waals surface area contributed by atoms with E-state index in [1.54, 1.807) is 6.07 Å². The van der Waals surface area contributed by atoms with Gasteiger partial charge in [0.25, 0.3) is 5.69 Å². The molecule has 1 unspecified atom stereocenters. The molecule has 1 N–H and O–H groups in total. The molecule has 0 aliphatic heterocycles. The van der Waals surface area contributed by atoms with E-state index in [9.17, 15) is 10.1 Å². The first-order chi connectivity index (χ1) is 8.41. The average molecular weight is 271 g/mol. The number of benzene rings is 1. The number of nitrogens with one attached hydrogen (secondary N) is 1. The highest BCUT2D eigenvalue weighted by Gasteiger charge is 2.12. The first-order valence-corrected chi connectivity index (χ1v) is 6.43. The molecule has 5 heteroatoms. The van der Waals surface area contributed by atoms with Crippen LogP contribution in [0.1, 0.15) is 26.3 Å². The minimum atomic E-state index is -0.456. The third-order valence-electron chi connectivity index (χ3n) is 3.14. The smallest absolute Gasteiger partial charge is 0.288 e. The number of rotatable bonds is 6. The predicted molar refractivity (Wildman–Crippen MR) is 73.8 cm³/mol. The Morgan fingerprint density at radius 1 is 1.39 bits per heavy atom. The highest BCUT2D eigenvalue weighted by atomic mass is 35.5. The van der Waals surface area contributed by atoms with Gasteiger partial charge < -0.3 is 5.32 Å². The summed E-state index contributed by atoms with van der Waals surface area (Å²) < 4.78 is 0. The second-order valence-corrected chi connectivity index (χ2v) is 5.30. The van der Waals surface area contributed by atoms with Crippen molar-refractivity contribution in [3.05, 3.63) is 38.9 Å². The summed E-state index contributed by atoms with van der Waals surface area (Å²) in [6.07, 6.45) is 0. The van der Waals surface area contributed by atoms with E-state index in [1.807, 2.05) is 6.07 Å². The second kappa shape index (κ2) is 6.71. The van der Waals surface area contributed by atoms with E-state index in [1.165, 1.54) is 6.07 Å². The van der Waals surface area contributed by atoms with Crippen molar-refractivity contribution in [2.24, 2.45) is 11.8 Å². The lowest BCUT2D eigenvalue weighted by Crippen LogP contribution is -2.23. The SMILES string of the molecule is CC(C)C(C)CNCc1ccc(Cl)c([N+](=O)[O-])c1. The maximum Gasteiger partial charge on any atom is 0.288 e. The molecule has 0 bridgehead atoms. The monoisotopic (exact) mass is 270 g/mol. The third-order valence-corrected chi connectivity index (χ3v) is 3.46. The van der Waals surface area contributed by atoms with Crippen molar-refractivity contribution < 1.29 is 4.92 Å². The van der Waals surface area contributed by atoms with Gasteiger partial charge in [0.2, 0.25) is 0 Å².